The van der Waals surface area contributed by atoms with Gasteiger partial charge in [0.05, 0.1) is 0 Å². The number of rotatable bonds is 1. The maximum absolute atomic E-state index is 5.74. The predicted molar refractivity (Wildman–Crippen MR) is 66.4 cm³/mol. The van der Waals surface area contributed by atoms with Crippen LogP contribution in [0, 0.1) is 6.92 Å². The third-order valence-corrected chi connectivity index (χ3v) is 2.63. The lowest BCUT2D eigenvalue weighted by molar-refractivity contribution is 0.608. The fourth-order valence-corrected chi connectivity index (χ4v) is 1.75. The topological polar surface area (TPSA) is 64.9 Å². The molecule has 0 aliphatic heterocycles. The Morgan fingerprint density at radius 1 is 1.24 bits per heavy atom. The Hall–Kier alpha value is -2.36. The van der Waals surface area contributed by atoms with Crippen molar-refractivity contribution in [3.05, 3.63) is 42.1 Å². The van der Waals surface area contributed by atoms with Crippen molar-refractivity contribution in [2.24, 2.45) is 0 Å². The van der Waals surface area contributed by atoms with Crippen LogP contribution in [0.5, 0.6) is 0 Å². The van der Waals surface area contributed by atoms with E-state index in [2.05, 4.69) is 9.97 Å². The summed E-state index contributed by atoms with van der Waals surface area (Å²) in [6.45, 7) is 1.98. The number of anilines is 1. The summed E-state index contributed by atoms with van der Waals surface area (Å²) < 4.78 is 5.61. The van der Waals surface area contributed by atoms with Gasteiger partial charge in [-0.15, -0.1) is 0 Å². The molecule has 4 nitrogen and oxygen atoms in total. The minimum Gasteiger partial charge on any atom is -0.418 e. The number of nitrogens with zero attached hydrogens (tertiary/aromatic N) is 2. The van der Waals surface area contributed by atoms with E-state index in [1.807, 2.05) is 37.3 Å². The summed E-state index contributed by atoms with van der Waals surface area (Å²) in [6.07, 6.45) is 1.71. The molecule has 0 spiro atoms. The zero-order valence-corrected chi connectivity index (χ0v) is 9.34. The number of aromatic nitrogens is 2. The van der Waals surface area contributed by atoms with Gasteiger partial charge in [-0.25, -0.2) is 9.97 Å². The number of fused-ring (bicyclic) bond motifs is 1. The van der Waals surface area contributed by atoms with Crippen LogP contribution in [0.25, 0.3) is 22.7 Å². The molecule has 0 saturated heterocycles. The van der Waals surface area contributed by atoms with Crippen molar-refractivity contribution in [2.45, 2.75) is 6.92 Å². The Kier molecular flexibility index (Phi) is 2.08. The van der Waals surface area contributed by atoms with E-state index in [0.717, 1.165) is 16.6 Å². The summed E-state index contributed by atoms with van der Waals surface area (Å²) in [7, 11) is 0. The van der Waals surface area contributed by atoms with Crippen LogP contribution in [0.15, 0.2) is 40.9 Å². The number of hydrogen-bond acceptors (Lipinski definition) is 4. The predicted octanol–water partition coefficient (Wildman–Crippen LogP) is 2.78. The Morgan fingerprint density at radius 3 is 2.88 bits per heavy atom. The number of nitrogen functional groups attached to an aromatic ring is 1. The SMILES string of the molecule is Cc1ccnc2oc(-c3cccc(N)c3)nc12. The Morgan fingerprint density at radius 2 is 2.12 bits per heavy atom. The van der Waals surface area contributed by atoms with Gasteiger partial charge in [0.2, 0.25) is 11.6 Å². The van der Waals surface area contributed by atoms with Crippen LogP contribution in [-0.2, 0) is 0 Å². The molecule has 2 aromatic heterocycles. The van der Waals surface area contributed by atoms with Gasteiger partial charge in [-0.05, 0) is 36.8 Å². The number of hydrogen-bond donors (Lipinski definition) is 1. The summed E-state index contributed by atoms with van der Waals surface area (Å²) in [6, 6.07) is 9.36. The monoisotopic (exact) mass is 225 g/mol. The maximum atomic E-state index is 5.74. The molecule has 0 aliphatic carbocycles. The first-order valence-corrected chi connectivity index (χ1v) is 5.32. The largest absolute Gasteiger partial charge is 0.418 e. The average molecular weight is 225 g/mol. The molecule has 0 unspecified atom stereocenters. The summed E-state index contributed by atoms with van der Waals surface area (Å²) in [5, 5.41) is 0. The Labute approximate surface area is 98.1 Å². The van der Waals surface area contributed by atoms with Crippen LogP contribution in [-0.4, -0.2) is 9.97 Å². The third-order valence-electron chi connectivity index (χ3n) is 2.63. The van der Waals surface area contributed by atoms with Crippen molar-refractivity contribution in [3.8, 4) is 11.5 Å². The lowest BCUT2D eigenvalue weighted by atomic mass is 10.2. The second-order valence-electron chi connectivity index (χ2n) is 3.93. The Balaban J connectivity index is 2.22. The number of aryl methyl sites for hydroxylation is 1. The number of oxazole rings is 1. The van der Waals surface area contributed by atoms with Crippen molar-refractivity contribution in [3.63, 3.8) is 0 Å². The van der Waals surface area contributed by atoms with Gasteiger partial charge in [0.15, 0.2) is 0 Å². The molecule has 3 rings (SSSR count). The molecular weight excluding hydrogens is 214 g/mol. The highest BCUT2D eigenvalue weighted by Gasteiger charge is 2.10. The Bertz CT molecular complexity index is 688. The molecule has 0 saturated carbocycles. The normalized spacial score (nSPS) is 10.9. The molecule has 4 heteroatoms. The molecule has 84 valence electrons. The second kappa shape index (κ2) is 3.59. The van der Waals surface area contributed by atoms with Crippen molar-refractivity contribution in [2.75, 3.05) is 5.73 Å². The van der Waals surface area contributed by atoms with Crippen LogP contribution in [0.2, 0.25) is 0 Å². The van der Waals surface area contributed by atoms with E-state index in [1.54, 1.807) is 6.20 Å². The molecule has 1 aromatic carbocycles. The molecule has 3 aromatic rings. The van der Waals surface area contributed by atoms with E-state index in [4.69, 9.17) is 10.2 Å². The van der Waals surface area contributed by atoms with Gasteiger partial charge >= 0.3 is 0 Å². The van der Waals surface area contributed by atoms with Crippen LogP contribution in [0.4, 0.5) is 5.69 Å². The van der Waals surface area contributed by atoms with Crippen LogP contribution in [0.3, 0.4) is 0 Å². The minimum absolute atomic E-state index is 0.550. The van der Waals surface area contributed by atoms with Crippen LogP contribution in [0.1, 0.15) is 5.56 Å². The van der Waals surface area contributed by atoms with Crippen molar-refractivity contribution >= 4 is 16.9 Å². The molecule has 0 atom stereocenters. The van der Waals surface area contributed by atoms with Crippen molar-refractivity contribution in [1.82, 2.24) is 9.97 Å². The third kappa shape index (κ3) is 1.63. The highest BCUT2D eigenvalue weighted by molar-refractivity contribution is 5.76. The lowest BCUT2D eigenvalue weighted by Gasteiger charge is -1.95. The fraction of sp³-hybridized carbons (Fsp3) is 0.0769. The first-order valence-electron chi connectivity index (χ1n) is 5.32. The molecule has 0 fully saturated rings. The number of benzene rings is 1. The van der Waals surface area contributed by atoms with Gasteiger partial charge in [0.1, 0.15) is 5.52 Å². The van der Waals surface area contributed by atoms with E-state index in [9.17, 15) is 0 Å². The van der Waals surface area contributed by atoms with Gasteiger partial charge in [-0.2, -0.15) is 0 Å². The maximum Gasteiger partial charge on any atom is 0.247 e. The average Bonchev–Trinajstić information content (AvgIpc) is 2.74. The molecule has 2 heterocycles. The summed E-state index contributed by atoms with van der Waals surface area (Å²) in [5.41, 5.74) is 9.69. The molecule has 2 N–H and O–H groups in total. The zero-order chi connectivity index (χ0) is 11.8. The molecule has 0 bridgehead atoms. The molecule has 17 heavy (non-hydrogen) atoms. The van der Waals surface area contributed by atoms with E-state index in [0.29, 0.717) is 17.3 Å². The summed E-state index contributed by atoms with van der Waals surface area (Å²) in [4.78, 5) is 8.59. The number of nitrogens with two attached hydrogens (primary N) is 1. The van der Waals surface area contributed by atoms with Crippen molar-refractivity contribution < 1.29 is 4.42 Å². The quantitative estimate of drug-likeness (QED) is 0.647. The standard InChI is InChI=1S/C13H11N3O/c1-8-5-6-15-13-11(8)16-12(17-13)9-3-2-4-10(14)7-9/h2-7H,14H2,1H3. The molecule has 0 radical (unpaired) electrons. The van der Waals surface area contributed by atoms with E-state index < -0.39 is 0 Å². The van der Waals surface area contributed by atoms with Crippen LogP contribution < -0.4 is 5.73 Å². The van der Waals surface area contributed by atoms with Gasteiger partial charge in [0.25, 0.3) is 0 Å². The van der Waals surface area contributed by atoms with Gasteiger partial charge < -0.3 is 10.2 Å². The smallest absolute Gasteiger partial charge is 0.247 e. The molecule has 0 aliphatic rings. The van der Waals surface area contributed by atoms with E-state index in [-0.39, 0.29) is 0 Å². The second-order valence-corrected chi connectivity index (χ2v) is 3.93. The number of pyridine rings is 1. The minimum atomic E-state index is 0.550. The highest BCUT2D eigenvalue weighted by atomic mass is 16.4. The first kappa shape index (κ1) is 9.84. The first-order chi connectivity index (χ1) is 8.24. The van der Waals surface area contributed by atoms with Gasteiger partial charge in [-0.1, -0.05) is 6.07 Å². The van der Waals surface area contributed by atoms with Gasteiger partial charge in [-0.3, -0.25) is 0 Å². The van der Waals surface area contributed by atoms with E-state index in [1.165, 1.54) is 0 Å². The summed E-state index contributed by atoms with van der Waals surface area (Å²) >= 11 is 0. The van der Waals surface area contributed by atoms with Crippen LogP contribution >= 0.6 is 0 Å². The zero-order valence-electron chi connectivity index (χ0n) is 9.34. The summed E-state index contributed by atoms with van der Waals surface area (Å²) in [5.74, 6) is 0.550. The molecule has 0 amide bonds. The fourth-order valence-electron chi connectivity index (χ4n) is 1.75. The lowest BCUT2D eigenvalue weighted by Crippen LogP contribution is -1.84. The van der Waals surface area contributed by atoms with Crippen molar-refractivity contribution in [1.29, 1.82) is 0 Å². The highest BCUT2D eigenvalue weighted by Crippen LogP contribution is 2.25. The van der Waals surface area contributed by atoms with E-state index >= 15 is 0 Å². The van der Waals surface area contributed by atoms with Gasteiger partial charge in [0, 0.05) is 17.4 Å². The molecular formula is C13H11N3O.